The zero-order chi connectivity index (χ0) is 5.15. The van der Waals surface area contributed by atoms with Crippen LogP contribution in [-0.2, 0) is 4.79 Å². The van der Waals surface area contributed by atoms with Crippen LogP contribution in [0.25, 0.3) is 0 Å². The van der Waals surface area contributed by atoms with Gasteiger partial charge in [-0.15, -0.1) is 11.6 Å². The number of hydrogen-bond acceptors (Lipinski definition) is 1. The Morgan fingerprint density at radius 1 is 1.83 bits per heavy atom. The van der Waals surface area contributed by atoms with Crippen LogP contribution in [0, 0.1) is 0 Å². The van der Waals surface area contributed by atoms with Gasteiger partial charge in [0.1, 0.15) is 0 Å². The van der Waals surface area contributed by atoms with Crippen molar-refractivity contribution in [3.8, 4) is 0 Å². The monoisotopic (exact) mass is 238 g/mol. The highest BCUT2D eigenvalue weighted by molar-refractivity contribution is 14.1. The first kappa shape index (κ1) is 6.98. The largest absolute Gasteiger partial charge is 0.279 e. The molecule has 0 amide bonds. The fraction of sp³-hybridized carbons (Fsp3) is 0.500. The number of carbonyl (C=O) groups is 1. The fourth-order valence-corrected chi connectivity index (χ4v) is 0. The zero-order valence-corrected chi connectivity index (χ0v) is 6.29. The quantitative estimate of drug-likeness (QED) is 0.387. The second kappa shape index (κ2) is 3.04. The van der Waals surface area contributed by atoms with Crippen molar-refractivity contribution in [2.24, 2.45) is 0 Å². The number of rotatable bonds is 1. The smallest absolute Gasteiger partial charge is 0.249 e. The maximum absolute atomic E-state index is 9.77. The Labute approximate surface area is 59.1 Å². The number of halogens is 3. The first-order valence-corrected chi connectivity index (χ1v) is 3.18. The van der Waals surface area contributed by atoms with E-state index in [4.69, 9.17) is 23.2 Å². The van der Waals surface area contributed by atoms with E-state index in [2.05, 4.69) is 0 Å². The topological polar surface area (TPSA) is 17.1 Å². The molecule has 1 atom stereocenters. The number of hydrogen-bond donors (Lipinski definition) is 0. The van der Waals surface area contributed by atoms with Crippen LogP contribution in [0.2, 0.25) is 0 Å². The van der Waals surface area contributed by atoms with E-state index in [1.165, 1.54) is 0 Å². The lowest BCUT2D eigenvalue weighted by atomic mass is 10.9. The van der Waals surface area contributed by atoms with Gasteiger partial charge in [-0.25, -0.2) is 0 Å². The summed E-state index contributed by atoms with van der Waals surface area (Å²) in [6.45, 7) is 0. The fourth-order valence-electron chi connectivity index (χ4n) is 0. The third-order valence-corrected chi connectivity index (χ3v) is 1.63. The van der Waals surface area contributed by atoms with Crippen LogP contribution in [0.3, 0.4) is 0 Å². The minimum atomic E-state index is -0.579. The minimum absolute atomic E-state index is 0.516. The van der Waals surface area contributed by atoms with Crippen LogP contribution in [0.1, 0.15) is 0 Å². The Morgan fingerprint density at radius 3 is 2.00 bits per heavy atom. The molecule has 0 spiro atoms. The van der Waals surface area contributed by atoms with E-state index in [0.717, 1.165) is 0 Å². The molecule has 0 N–H and O–H groups in total. The average Bonchev–Trinajstić information content (AvgIpc) is 1.36. The maximum atomic E-state index is 9.77. The van der Waals surface area contributed by atoms with Gasteiger partial charge in [0, 0.05) is 0 Å². The zero-order valence-electron chi connectivity index (χ0n) is 2.62. The van der Waals surface area contributed by atoms with Crippen molar-refractivity contribution in [2.45, 2.75) is 3.38 Å². The molecule has 0 fully saturated rings. The van der Waals surface area contributed by atoms with Gasteiger partial charge in [-0.3, -0.25) is 4.79 Å². The summed E-state index contributed by atoms with van der Waals surface area (Å²) in [6.07, 6.45) is 0. The molecule has 1 unspecified atom stereocenters. The molecule has 0 aliphatic rings. The van der Waals surface area contributed by atoms with Gasteiger partial charge in [0.15, 0.2) is 3.38 Å². The summed E-state index contributed by atoms with van der Waals surface area (Å²) in [6, 6.07) is 0. The molecule has 6 heavy (non-hydrogen) atoms. The molecule has 1 nitrogen and oxygen atoms in total. The van der Waals surface area contributed by atoms with Crippen molar-refractivity contribution < 1.29 is 4.79 Å². The Balaban J connectivity index is 3.26. The molecule has 0 aromatic carbocycles. The first-order valence-electron chi connectivity index (χ1n) is 1.12. The lowest BCUT2D eigenvalue weighted by Gasteiger charge is -1.82. The Kier molecular flexibility index (Phi) is 3.54. The van der Waals surface area contributed by atoms with E-state index in [1.54, 1.807) is 22.6 Å². The van der Waals surface area contributed by atoms with Crippen molar-refractivity contribution >= 4 is 51.0 Å². The minimum Gasteiger partial charge on any atom is -0.279 e. The van der Waals surface area contributed by atoms with Crippen LogP contribution in [-0.4, -0.2) is 8.63 Å². The number of carbonyl (C=O) groups excluding carboxylic acids is 1. The van der Waals surface area contributed by atoms with Crippen LogP contribution >= 0.6 is 45.8 Å². The van der Waals surface area contributed by atoms with Gasteiger partial charge < -0.3 is 0 Å². The molecule has 4 heteroatoms. The lowest BCUT2D eigenvalue weighted by Crippen LogP contribution is -1.94. The van der Waals surface area contributed by atoms with Crippen molar-refractivity contribution in [2.75, 3.05) is 0 Å². The highest BCUT2D eigenvalue weighted by Gasteiger charge is 2.03. The van der Waals surface area contributed by atoms with Gasteiger partial charge in [-0.2, -0.15) is 0 Å². The van der Waals surface area contributed by atoms with Crippen LogP contribution in [0.4, 0.5) is 0 Å². The first-order chi connectivity index (χ1) is 2.64. The third kappa shape index (κ3) is 3.18. The van der Waals surface area contributed by atoms with Crippen LogP contribution < -0.4 is 0 Å². The van der Waals surface area contributed by atoms with E-state index in [9.17, 15) is 4.79 Å². The number of alkyl halides is 2. The molecule has 0 aliphatic carbocycles. The summed E-state index contributed by atoms with van der Waals surface area (Å²) in [7, 11) is 0. The van der Waals surface area contributed by atoms with Crippen molar-refractivity contribution in [1.29, 1.82) is 0 Å². The van der Waals surface area contributed by atoms with Crippen molar-refractivity contribution in [3.05, 3.63) is 0 Å². The Bertz CT molecular complexity index is 62.6. The van der Waals surface area contributed by atoms with E-state index in [0.29, 0.717) is 0 Å². The van der Waals surface area contributed by atoms with Crippen molar-refractivity contribution in [3.63, 3.8) is 0 Å². The Hall–Kier alpha value is 0.980. The molecule has 0 radical (unpaired) electrons. The summed E-state index contributed by atoms with van der Waals surface area (Å²) < 4.78 is -0.579. The predicted molar refractivity (Wildman–Crippen MR) is 34.5 cm³/mol. The lowest BCUT2D eigenvalue weighted by molar-refractivity contribution is -0.109. The molecule has 0 heterocycles. The SMILES string of the molecule is O=C(Cl)C(Cl)I. The molecule has 0 rings (SSSR count). The summed E-state index contributed by atoms with van der Waals surface area (Å²) >= 11 is 11.7. The van der Waals surface area contributed by atoms with E-state index >= 15 is 0 Å². The van der Waals surface area contributed by atoms with Gasteiger partial charge in [0.05, 0.1) is 0 Å². The highest BCUT2D eigenvalue weighted by atomic mass is 127. The van der Waals surface area contributed by atoms with Gasteiger partial charge in [-0.05, 0) is 11.6 Å². The third-order valence-electron chi connectivity index (χ3n) is 0.172. The summed E-state index contributed by atoms with van der Waals surface area (Å²) in [5.74, 6) is 0. The van der Waals surface area contributed by atoms with Gasteiger partial charge in [-0.1, -0.05) is 22.6 Å². The highest BCUT2D eigenvalue weighted by Crippen LogP contribution is 2.08. The normalized spacial score (nSPS) is 13.8. The predicted octanol–water partition coefficient (Wildman–Crippen LogP) is 1.75. The van der Waals surface area contributed by atoms with E-state index in [-0.39, 0.29) is 0 Å². The Morgan fingerprint density at radius 2 is 2.00 bits per heavy atom. The summed E-state index contributed by atoms with van der Waals surface area (Å²) in [5.41, 5.74) is 0. The van der Waals surface area contributed by atoms with Crippen molar-refractivity contribution in [1.82, 2.24) is 0 Å². The molecular formula is C2HCl2IO. The second-order valence-corrected chi connectivity index (χ2v) is 3.40. The second-order valence-electron chi connectivity index (χ2n) is 0.605. The van der Waals surface area contributed by atoms with Gasteiger partial charge in [0.25, 0.3) is 0 Å². The van der Waals surface area contributed by atoms with Crippen LogP contribution in [0.15, 0.2) is 0 Å². The van der Waals surface area contributed by atoms with Crippen LogP contribution in [0.5, 0.6) is 0 Å². The molecule has 36 valence electrons. The maximum Gasteiger partial charge on any atom is 0.249 e. The average molecular weight is 239 g/mol. The molecule has 0 aromatic heterocycles. The molecule has 0 aromatic rings. The molecular weight excluding hydrogens is 238 g/mol. The standard InChI is InChI=1S/C2HCl2IO/c3-1(5)2(4)6/h1H. The van der Waals surface area contributed by atoms with Gasteiger partial charge >= 0.3 is 0 Å². The van der Waals surface area contributed by atoms with E-state index in [1.807, 2.05) is 0 Å². The molecule has 0 aliphatic heterocycles. The summed E-state index contributed by atoms with van der Waals surface area (Å²) in [4.78, 5) is 9.77. The molecule has 0 bridgehead atoms. The molecule has 0 saturated heterocycles. The molecule has 0 saturated carbocycles. The van der Waals surface area contributed by atoms with E-state index < -0.39 is 8.63 Å². The summed E-state index contributed by atoms with van der Waals surface area (Å²) in [5, 5.41) is -0.516. The van der Waals surface area contributed by atoms with Gasteiger partial charge in [0.2, 0.25) is 5.24 Å².